The van der Waals surface area contributed by atoms with E-state index >= 15 is 0 Å². The molecule has 0 aromatic carbocycles. The molecule has 1 aliphatic rings. The maximum atomic E-state index is 8.66. The molecule has 5 heteroatoms. The quantitative estimate of drug-likeness (QED) is 0.646. The van der Waals surface area contributed by atoms with E-state index in [1.165, 1.54) is 0 Å². The maximum absolute atomic E-state index is 8.66. The summed E-state index contributed by atoms with van der Waals surface area (Å²) in [7, 11) is 1.93. The van der Waals surface area contributed by atoms with E-state index in [2.05, 4.69) is 10.3 Å². The third-order valence-electron chi connectivity index (χ3n) is 3.22. The fourth-order valence-corrected chi connectivity index (χ4v) is 2.19. The Morgan fingerprint density at radius 3 is 2.76 bits per heavy atom. The van der Waals surface area contributed by atoms with Gasteiger partial charge in [-0.15, -0.1) is 0 Å². The van der Waals surface area contributed by atoms with Crippen molar-refractivity contribution in [2.45, 2.75) is 45.3 Å². The number of oxime groups is 1. The van der Waals surface area contributed by atoms with Crippen LogP contribution in [0.3, 0.4) is 0 Å². The molecule has 0 spiro atoms. The molecule has 0 saturated heterocycles. The van der Waals surface area contributed by atoms with Crippen molar-refractivity contribution in [1.29, 1.82) is 0 Å². The van der Waals surface area contributed by atoms with E-state index in [-0.39, 0.29) is 6.10 Å². The average Bonchev–Trinajstić information content (AvgIpc) is 2.66. The summed E-state index contributed by atoms with van der Waals surface area (Å²) in [5, 5.41) is 16.2. The smallest absolute Gasteiger partial charge is 0.0888 e. The van der Waals surface area contributed by atoms with Gasteiger partial charge in [-0.3, -0.25) is 4.68 Å². The molecule has 1 N–H and O–H groups in total. The van der Waals surface area contributed by atoms with Crippen LogP contribution in [-0.4, -0.2) is 26.8 Å². The van der Waals surface area contributed by atoms with E-state index < -0.39 is 0 Å². The number of hydrogen-bond acceptors (Lipinski definition) is 4. The summed E-state index contributed by atoms with van der Waals surface area (Å²) in [6.07, 6.45) is 3.83. The second-order valence-electron chi connectivity index (χ2n) is 4.58. The summed E-state index contributed by atoms with van der Waals surface area (Å²) in [5.74, 6) is 0. The van der Waals surface area contributed by atoms with Gasteiger partial charge in [0.2, 0.25) is 0 Å². The minimum atomic E-state index is 0.274. The van der Waals surface area contributed by atoms with Gasteiger partial charge in [0.1, 0.15) is 0 Å². The lowest BCUT2D eigenvalue weighted by Crippen LogP contribution is -2.22. The molecule has 0 unspecified atom stereocenters. The van der Waals surface area contributed by atoms with Crippen LogP contribution in [0.5, 0.6) is 0 Å². The van der Waals surface area contributed by atoms with E-state index in [1.807, 2.05) is 24.7 Å². The Bertz CT molecular complexity index is 402. The maximum Gasteiger partial charge on any atom is 0.0888 e. The Balaban J connectivity index is 1.81. The summed E-state index contributed by atoms with van der Waals surface area (Å²) < 4.78 is 7.72. The SMILES string of the molecule is Cc1cc(COC2CCC(=NO)CC2)n(C)n1. The third-order valence-corrected chi connectivity index (χ3v) is 3.22. The number of ether oxygens (including phenoxy) is 1. The van der Waals surface area contributed by atoms with E-state index in [1.54, 1.807) is 0 Å². The lowest BCUT2D eigenvalue weighted by molar-refractivity contribution is 0.0245. The van der Waals surface area contributed by atoms with Gasteiger partial charge in [0.05, 0.1) is 29.8 Å². The number of hydrogen-bond donors (Lipinski definition) is 1. The Morgan fingerprint density at radius 2 is 2.24 bits per heavy atom. The van der Waals surface area contributed by atoms with E-state index in [0.717, 1.165) is 42.8 Å². The standard InChI is InChI=1S/C12H19N3O2/c1-9-7-11(15(2)13-9)8-17-12-5-3-10(14-16)4-6-12/h7,12,16H,3-6,8H2,1-2H3. The lowest BCUT2D eigenvalue weighted by Gasteiger charge is -2.22. The molecule has 0 atom stereocenters. The third kappa shape index (κ3) is 3.06. The van der Waals surface area contributed by atoms with Gasteiger partial charge in [0.25, 0.3) is 0 Å². The van der Waals surface area contributed by atoms with Crippen LogP contribution in [0.1, 0.15) is 37.1 Å². The van der Waals surface area contributed by atoms with Crippen molar-refractivity contribution in [2.75, 3.05) is 0 Å². The van der Waals surface area contributed by atoms with Crippen LogP contribution < -0.4 is 0 Å². The number of aryl methyl sites for hydroxylation is 2. The second-order valence-corrected chi connectivity index (χ2v) is 4.58. The van der Waals surface area contributed by atoms with Gasteiger partial charge >= 0.3 is 0 Å². The molecule has 1 aromatic rings. The van der Waals surface area contributed by atoms with Crippen molar-refractivity contribution < 1.29 is 9.94 Å². The zero-order valence-corrected chi connectivity index (χ0v) is 10.4. The molecular weight excluding hydrogens is 218 g/mol. The number of rotatable bonds is 3. The van der Waals surface area contributed by atoms with Crippen molar-refractivity contribution in [3.8, 4) is 0 Å². The highest BCUT2D eigenvalue weighted by Gasteiger charge is 2.18. The first kappa shape index (κ1) is 12.1. The van der Waals surface area contributed by atoms with Crippen LogP contribution in [0.15, 0.2) is 11.2 Å². The van der Waals surface area contributed by atoms with Crippen LogP contribution >= 0.6 is 0 Å². The van der Waals surface area contributed by atoms with E-state index in [0.29, 0.717) is 6.61 Å². The zero-order chi connectivity index (χ0) is 12.3. The van der Waals surface area contributed by atoms with Gasteiger partial charge in [-0.05, 0) is 38.7 Å². The molecule has 5 nitrogen and oxygen atoms in total. The van der Waals surface area contributed by atoms with Crippen molar-refractivity contribution in [3.05, 3.63) is 17.5 Å². The Labute approximate surface area is 101 Å². The molecule has 1 saturated carbocycles. The first-order valence-electron chi connectivity index (χ1n) is 6.00. The van der Waals surface area contributed by atoms with Crippen LogP contribution in [0.4, 0.5) is 0 Å². The summed E-state index contributed by atoms with van der Waals surface area (Å²) >= 11 is 0. The van der Waals surface area contributed by atoms with Crippen molar-refractivity contribution in [2.24, 2.45) is 12.2 Å². The molecule has 1 heterocycles. The summed E-state index contributed by atoms with van der Waals surface area (Å²) in [6.45, 7) is 2.59. The summed E-state index contributed by atoms with van der Waals surface area (Å²) in [6, 6.07) is 2.05. The van der Waals surface area contributed by atoms with Crippen LogP contribution in [0.25, 0.3) is 0 Å². The molecule has 1 aromatic heterocycles. The first-order chi connectivity index (χ1) is 8.19. The molecular formula is C12H19N3O2. The molecule has 2 rings (SSSR count). The van der Waals surface area contributed by atoms with Gasteiger partial charge in [0.15, 0.2) is 0 Å². The average molecular weight is 237 g/mol. The van der Waals surface area contributed by atoms with Crippen LogP contribution in [0.2, 0.25) is 0 Å². The fourth-order valence-electron chi connectivity index (χ4n) is 2.19. The highest BCUT2D eigenvalue weighted by Crippen LogP contribution is 2.20. The Hall–Kier alpha value is -1.36. The highest BCUT2D eigenvalue weighted by molar-refractivity contribution is 5.84. The van der Waals surface area contributed by atoms with Gasteiger partial charge in [-0.1, -0.05) is 5.16 Å². The highest BCUT2D eigenvalue weighted by atomic mass is 16.5. The van der Waals surface area contributed by atoms with Crippen LogP contribution in [0, 0.1) is 6.92 Å². The summed E-state index contributed by atoms with van der Waals surface area (Å²) in [4.78, 5) is 0. The minimum Gasteiger partial charge on any atom is -0.411 e. The second kappa shape index (κ2) is 5.31. The molecule has 1 fully saturated rings. The number of aromatic nitrogens is 2. The Morgan fingerprint density at radius 1 is 1.53 bits per heavy atom. The van der Waals surface area contributed by atoms with Crippen molar-refractivity contribution >= 4 is 5.71 Å². The minimum absolute atomic E-state index is 0.274. The normalized spacial score (nSPS) is 20.6. The molecule has 1 aliphatic carbocycles. The van der Waals surface area contributed by atoms with Gasteiger partial charge < -0.3 is 9.94 Å². The van der Waals surface area contributed by atoms with Crippen molar-refractivity contribution in [1.82, 2.24) is 9.78 Å². The zero-order valence-electron chi connectivity index (χ0n) is 10.4. The van der Waals surface area contributed by atoms with Gasteiger partial charge in [0, 0.05) is 7.05 Å². The molecule has 17 heavy (non-hydrogen) atoms. The predicted octanol–water partition coefficient (Wildman–Crippen LogP) is 2.02. The molecule has 0 amide bonds. The topological polar surface area (TPSA) is 59.6 Å². The Kier molecular flexibility index (Phi) is 3.78. The largest absolute Gasteiger partial charge is 0.411 e. The fraction of sp³-hybridized carbons (Fsp3) is 0.667. The number of nitrogens with zero attached hydrogens (tertiary/aromatic N) is 3. The molecule has 0 bridgehead atoms. The predicted molar refractivity (Wildman–Crippen MR) is 64.2 cm³/mol. The van der Waals surface area contributed by atoms with E-state index in [4.69, 9.17) is 9.94 Å². The van der Waals surface area contributed by atoms with Gasteiger partial charge in [-0.25, -0.2) is 0 Å². The van der Waals surface area contributed by atoms with Crippen LogP contribution in [-0.2, 0) is 18.4 Å². The monoisotopic (exact) mass is 237 g/mol. The molecule has 0 radical (unpaired) electrons. The summed E-state index contributed by atoms with van der Waals surface area (Å²) in [5.41, 5.74) is 3.01. The molecule has 0 aliphatic heterocycles. The first-order valence-corrected chi connectivity index (χ1v) is 6.00. The van der Waals surface area contributed by atoms with Gasteiger partial charge in [-0.2, -0.15) is 5.10 Å². The van der Waals surface area contributed by atoms with E-state index in [9.17, 15) is 0 Å². The molecule has 94 valence electrons. The van der Waals surface area contributed by atoms with Crippen molar-refractivity contribution in [3.63, 3.8) is 0 Å². The lowest BCUT2D eigenvalue weighted by atomic mass is 9.96.